The normalized spacial score (nSPS) is 13.5. The van der Waals surface area contributed by atoms with E-state index in [1.54, 1.807) is 24.3 Å². The number of nitrogens with two attached hydrogens (primary N) is 1. The van der Waals surface area contributed by atoms with E-state index in [2.05, 4.69) is 9.47 Å². The summed E-state index contributed by atoms with van der Waals surface area (Å²) in [5.41, 5.74) is 9.69. The van der Waals surface area contributed by atoms with Gasteiger partial charge in [-0.1, -0.05) is 42.5 Å². The number of benzene rings is 3. The molecule has 0 bridgehead atoms. The maximum Gasteiger partial charge on any atom is 0.264 e. The van der Waals surface area contributed by atoms with E-state index < -0.39 is 10.0 Å². The predicted molar refractivity (Wildman–Crippen MR) is 189 cm³/mol. The van der Waals surface area contributed by atoms with Crippen LogP contribution in [0.3, 0.4) is 0 Å². The third-order valence-electron chi connectivity index (χ3n) is 7.55. The first kappa shape index (κ1) is 38.3. The van der Waals surface area contributed by atoms with Crippen molar-refractivity contribution in [2.45, 2.75) is 17.9 Å². The van der Waals surface area contributed by atoms with Crippen molar-refractivity contribution in [2.24, 2.45) is 5.73 Å². The Balaban J connectivity index is 0.00000235. The van der Waals surface area contributed by atoms with Crippen LogP contribution in [0, 0.1) is 5.41 Å². The summed E-state index contributed by atoms with van der Waals surface area (Å²) in [5.74, 6) is 0.938. The molecule has 1 aromatic heterocycles. The number of sulfonamides is 1. The maximum absolute atomic E-state index is 13.8. The average Bonchev–Trinajstić information content (AvgIpc) is 3.33. The molecule has 2 heterocycles. The van der Waals surface area contributed by atoms with Crippen LogP contribution in [-0.2, 0) is 27.7 Å². The Morgan fingerprint density at radius 3 is 2.22 bits per heavy atom. The molecule has 0 unspecified atom stereocenters. The molecule has 1 aliphatic rings. The Morgan fingerprint density at radius 2 is 1.60 bits per heavy atom. The second-order valence-electron chi connectivity index (χ2n) is 10.8. The molecule has 3 aromatic carbocycles. The van der Waals surface area contributed by atoms with Crippen molar-refractivity contribution in [3.8, 4) is 0 Å². The Morgan fingerprint density at radius 1 is 0.933 bits per heavy atom. The van der Waals surface area contributed by atoms with Crippen molar-refractivity contribution >= 4 is 69.8 Å². The van der Waals surface area contributed by atoms with Crippen LogP contribution >= 0.6 is 37.2 Å². The van der Waals surface area contributed by atoms with Crippen molar-refractivity contribution in [1.82, 2.24) is 19.4 Å². The number of hydrogen-bond acceptors (Lipinski definition) is 7. The van der Waals surface area contributed by atoms with Gasteiger partial charge in [0, 0.05) is 51.3 Å². The van der Waals surface area contributed by atoms with Gasteiger partial charge < -0.3 is 19.9 Å². The minimum absolute atomic E-state index is 0. The van der Waals surface area contributed by atoms with Crippen LogP contribution in [0.25, 0.3) is 11.0 Å². The van der Waals surface area contributed by atoms with Crippen LogP contribution < -0.4 is 10.0 Å². The van der Waals surface area contributed by atoms with Crippen LogP contribution in [0.2, 0.25) is 0 Å². The zero-order valence-electron chi connectivity index (χ0n) is 25.5. The molecule has 10 nitrogen and oxygen atoms in total. The molecular weight excluding hydrogens is 657 g/mol. The SMILES string of the molecule is CN(C)CCN(c1ccc2c(c1)nc(Cc1ccc(C(=N)N)cc1)n2CCN1CCOCC1)S(=O)(=O)c1ccccc1.Cl.Cl.Cl. The van der Waals surface area contributed by atoms with Crippen LogP contribution in [-0.4, -0.2) is 93.6 Å². The van der Waals surface area contributed by atoms with E-state index in [1.165, 1.54) is 4.31 Å². The Kier molecular flexibility index (Phi) is 14.6. The lowest BCUT2D eigenvalue weighted by atomic mass is 10.1. The summed E-state index contributed by atoms with van der Waals surface area (Å²) in [5, 5.41) is 7.69. The molecule has 0 radical (unpaired) electrons. The van der Waals surface area contributed by atoms with Crippen LogP contribution in [0.1, 0.15) is 17.0 Å². The number of halogens is 3. The summed E-state index contributed by atoms with van der Waals surface area (Å²) in [4.78, 5) is 9.67. The highest BCUT2D eigenvalue weighted by molar-refractivity contribution is 7.92. The highest BCUT2D eigenvalue weighted by atomic mass is 35.5. The average molecular weight is 699 g/mol. The van der Waals surface area contributed by atoms with E-state index in [0.717, 1.165) is 61.8 Å². The summed E-state index contributed by atoms with van der Waals surface area (Å²) < 4.78 is 36.8. The van der Waals surface area contributed by atoms with Gasteiger partial charge in [0.2, 0.25) is 0 Å². The fourth-order valence-corrected chi connectivity index (χ4v) is 6.63. The van der Waals surface area contributed by atoms with Gasteiger partial charge in [-0.3, -0.25) is 14.6 Å². The number of ether oxygens (including phenoxy) is 1. The van der Waals surface area contributed by atoms with E-state index in [0.29, 0.717) is 30.8 Å². The number of likely N-dealkylation sites (N-methyl/N-ethyl adjacent to an activating group) is 1. The third kappa shape index (κ3) is 9.32. The largest absolute Gasteiger partial charge is 0.384 e. The van der Waals surface area contributed by atoms with Gasteiger partial charge in [0.1, 0.15) is 11.7 Å². The molecule has 0 atom stereocenters. The van der Waals surface area contributed by atoms with Crippen molar-refractivity contribution in [3.63, 3.8) is 0 Å². The number of rotatable bonds is 12. The van der Waals surface area contributed by atoms with Gasteiger partial charge in [0.05, 0.1) is 34.8 Å². The number of nitrogen functional groups attached to an aromatic ring is 1. The molecule has 45 heavy (non-hydrogen) atoms. The predicted octanol–water partition coefficient (Wildman–Crippen LogP) is 4.27. The number of nitrogens with one attached hydrogen (secondary N) is 1. The topological polar surface area (TPSA) is 121 Å². The van der Waals surface area contributed by atoms with Gasteiger partial charge in [-0.05, 0) is 50.0 Å². The fraction of sp³-hybridized carbons (Fsp3) is 0.355. The molecule has 1 saturated heterocycles. The lowest BCUT2D eigenvalue weighted by Gasteiger charge is -2.27. The highest BCUT2D eigenvalue weighted by Gasteiger charge is 2.26. The molecule has 5 rings (SSSR count). The summed E-state index contributed by atoms with van der Waals surface area (Å²) in [6.07, 6.45) is 0.595. The smallest absolute Gasteiger partial charge is 0.264 e. The Hall–Kier alpha value is -2.90. The van der Waals surface area contributed by atoms with Crippen molar-refractivity contribution in [3.05, 3.63) is 89.7 Å². The van der Waals surface area contributed by atoms with E-state index >= 15 is 0 Å². The van der Waals surface area contributed by atoms with Crippen molar-refractivity contribution in [1.29, 1.82) is 5.41 Å². The monoisotopic (exact) mass is 697 g/mol. The van der Waals surface area contributed by atoms with E-state index in [4.69, 9.17) is 20.9 Å². The number of imidazole rings is 1. The third-order valence-corrected chi connectivity index (χ3v) is 9.39. The summed E-state index contributed by atoms with van der Waals surface area (Å²) in [6, 6.07) is 22.0. The second kappa shape index (κ2) is 17.1. The summed E-state index contributed by atoms with van der Waals surface area (Å²) in [6.45, 7) is 5.77. The maximum atomic E-state index is 13.8. The fourth-order valence-electron chi connectivity index (χ4n) is 5.16. The molecule has 1 fully saturated rings. The molecular formula is C31H42Cl3N7O3S. The Labute approximate surface area is 284 Å². The van der Waals surface area contributed by atoms with Gasteiger partial charge in [0.15, 0.2) is 0 Å². The van der Waals surface area contributed by atoms with Crippen LogP contribution in [0.15, 0.2) is 77.7 Å². The zero-order valence-corrected chi connectivity index (χ0v) is 28.7. The van der Waals surface area contributed by atoms with E-state index in [1.807, 2.05) is 67.5 Å². The number of amidine groups is 1. The van der Waals surface area contributed by atoms with E-state index in [-0.39, 0.29) is 48.0 Å². The van der Waals surface area contributed by atoms with Gasteiger partial charge in [-0.25, -0.2) is 13.4 Å². The number of hydrogen-bond donors (Lipinski definition) is 2. The molecule has 4 aromatic rings. The van der Waals surface area contributed by atoms with Crippen LogP contribution in [0.4, 0.5) is 5.69 Å². The van der Waals surface area contributed by atoms with Crippen LogP contribution in [0.5, 0.6) is 0 Å². The molecule has 246 valence electrons. The minimum Gasteiger partial charge on any atom is -0.384 e. The lowest BCUT2D eigenvalue weighted by molar-refractivity contribution is 0.0364. The molecule has 0 amide bonds. The molecule has 0 saturated carbocycles. The van der Waals surface area contributed by atoms with Gasteiger partial charge in [0.25, 0.3) is 10.0 Å². The molecule has 3 N–H and O–H groups in total. The first-order valence-electron chi connectivity index (χ1n) is 14.2. The first-order valence-corrected chi connectivity index (χ1v) is 15.6. The van der Waals surface area contributed by atoms with E-state index in [9.17, 15) is 8.42 Å². The van der Waals surface area contributed by atoms with Gasteiger partial charge in [-0.2, -0.15) is 0 Å². The second-order valence-corrected chi connectivity index (χ2v) is 12.6. The molecule has 0 spiro atoms. The number of aromatic nitrogens is 2. The lowest BCUT2D eigenvalue weighted by Crippen LogP contribution is -2.38. The van der Waals surface area contributed by atoms with Gasteiger partial charge in [-0.15, -0.1) is 37.2 Å². The summed E-state index contributed by atoms with van der Waals surface area (Å²) in [7, 11) is 0.0847. The number of nitrogens with zero attached hydrogens (tertiary/aromatic N) is 5. The molecule has 0 aliphatic carbocycles. The number of fused-ring (bicyclic) bond motifs is 1. The number of anilines is 1. The summed E-state index contributed by atoms with van der Waals surface area (Å²) >= 11 is 0. The minimum atomic E-state index is -3.78. The first-order chi connectivity index (χ1) is 20.2. The zero-order chi connectivity index (χ0) is 29.7. The molecule has 14 heteroatoms. The quantitative estimate of drug-likeness (QED) is 0.168. The number of morpholine rings is 1. The van der Waals surface area contributed by atoms with Crippen molar-refractivity contribution < 1.29 is 13.2 Å². The standard InChI is InChI=1S/C31H39N7O3S.3ClH/c1-35(2)14-17-38(42(39,40)27-6-4-3-5-7-27)26-12-13-29-28(23-26)34-30(22-24-8-10-25(11-9-24)31(32)33)37(29)16-15-36-18-20-41-21-19-36;;;/h3-13,23H,14-22H2,1-2H3,(H3,32,33);3*1H. The van der Waals surface area contributed by atoms with Gasteiger partial charge >= 0.3 is 0 Å². The molecule has 1 aliphatic heterocycles. The Bertz CT molecular complexity index is 1630. The van der Waals surface area contributed by atoms with Crippen molar-refractivity contribution in [2.75, 3.05) is 64.3 Å². The highest BCUT2D eigenvalue weighted by Crippen LogP contribution is 2.28.